The molecule has 1 aromatic rings. The van der Waals surface area contributed by atoms with Crippen LogP contribution >= 0.6 is 12.4 Å². The molecule has 110 valence electrons. The third-order valence-corrected chi connectivity index (χ3v) is 4.41. The maximum Gasteiger partial charge on any atom is 0.338 e. The van der Waals surface area contributed by atoms with Crippen LogP contribution in [0.2, 0.25) is 0 Å². The van der Waals surface area contributed by atoms with E-state index in [1.807, 2.05) is 0 Å². The fourth-order valence-electron chi connectivity index (χ4n) is 3.31. The maximum atomic E-state index is 12.0. The Hall–Kier alpha value is -1.26. The van der Waals surface area contributed by atoms with Crippen molar-refractivity contribution in [1.82, 2.24) is 4.90 Å². The number of piperidine rings is 1. The van der Waals surface area contributed by atoms with Gasteiger partial charge in [-0.25, -0.2) is 4.79 Å². The van der Waals surface area contributed by atoms with Gasteiger partial charge in [0.25, 0.3) is 0 Å². The number of carbonyl (C=O) groups excluding carboxylic acids is 1. The summed E-state index contributed by atoms with van der Waals surface area (Å²) in [6.07, 6.45) is 4.29. The molecule has 2 unspecified atom stereocenters. The van der Waals surface area contributed by atoms with Gasteiger partial charge in [0.1, 0.15) is 11.9 Å². The van der Waals surface area contributed by atoms with Gasteiger partial charge in [-0.05, 0) is 38.1 Å². The number of hydrogen-bond donors (Lipinski definition) is 1. The second-order valence-corrected chi connectivity index (χ2v) is 5.60. The van der Waals surface area contributed by atoms with Gasteiger partial charge in [-0.1, -0.05) is 6.07 Å². The third kappa shape index (κ3) is 2.91. The summed E-state index contributed by atoms with van der Waals surface area (Å²) >= 11 is 0. The summed E-state index contributed by atoms with van der Waals surface area (Å²) in [5.74, 6) is -0.234. The molecule has 2 bridgehead atoms. The van der Waals surface area contributed by atoms with Crippen molar-refractivity contribution in [3.63, 3.8) is 0 Å². The summed E-state index contributed by atoms with van der Waals surface area (Å²) in [6, 6.07) is 7.44. The van der Waals surface area contributed by atoms with E-state index in [2.05, 4.69) is 11.9 Å². The van der Waals surface area contributed by atoms with Gasteiger partial charge in [0.15, 0.2) is 0 Å². The van der Waals surface area contributed by atoms with Gasteiger partial charge in [-0.15, -0.1) is 12.4 Å². The van der Waals surface area contributed by atoms with Crippen LogP contribution in [0.5, 0.6) is 5.75 Å². The molecule has 2 fully saturated rings. The van der Waals surface area contributed by atoms with Gasteiger partial charge in [-0.2, -0.15) is 0 Å². The lowest BCUT2D eigenvalue weighted by molar-refractivity contribution is -0.000480. The molecule has 3 rings (SSSR count). The van der Waals surface area contributed by atoms with Crippen molar-refractivity contribution in [3.8, 4) is 5.75 Å². The first-order chi connectivity index (χ1) is 9.13. The topological polar surface area (TPSA) is 49.8 Å². The Morgan fingerprint density at radius 2 is 1.95 bits per heavy atom. The lowest BCUT2D eigenvalue weighted by Crippen LogP contribution is -2.43. The molecule has 20 heavy (non-hydrogen) atoms. The highest BCUT2D eigenvalue weighted by atomic mass is 35.5. The van der Waals surface area contributed by atoms with E-state index in [1.165, 1.54) is 18.9 Å². The van der Waals surface area contributed by atoms with Crippen molar-refractivity contribution < 1.29 is 14.6 Å². The van der Waals surface area contributed by atoms with Gasteiger partial charge in [0, 0.05) is 24.9 Å². The zero-order valence-corrected chi connectivity index (χ0v) is 12.3. The number of phenolic OH excluding ortho intramolecular Hbond substituents is 1. The quantitative estimate of drug-likeness (QED) is 0.853. The lowest BCUT2D eigenvalue weighted by Gasteiger charge is -2.35. The van der Waals surface area contributed by atoms with Gasteiger partial charge >= 0.3 is 5.97 Å². The largest absolute Gasteiger partial charge is 0.508 e. The number of rotatable bonds is 2. The summed E-state index contributed by atoms with van der Waals surface area (Å²) in [7, 11) is 2.16. The number of hydrogen-bond acceptors (Lipinski definition) is 4. The van der Waals surface area contributed by atoms with E-state index in [-0.39, 0.29) is 30.2 Å². The Bertz CT molecular complexity index is 480. The number of phenols is 1. The number of carbonyl (C=O) groups is 1. The molecule has 4 nitrogen and oxygen atoms in total. The van der Waals surface area contributed by atoms with Crippen LogP contribution in [0.1, 0.15) is 36.0 Å². The van der Waals surface area contributed by atoms with Crippen molar-refractivity contribution >= 4 is 18.4 Å². The normalized spacial score (nSPS) is 28.8. The van der Waals surface area contributed by atoms with E-state index < -0.39 is 0 Å². The monoisotopic (exact) mass is 297 g/mol. The van der Waals surface area contributed by atoms with Crippen LogP contribution in [0, 0.1) is 0 Å². The van der Waals surface area contributed by atoms with Crippen molar-refractivity contribution in [1.29, 1.82) is 0 Å². The van der Waals surface area contributed by atoms with Crippen molar-refractivity contribution in [2.75, 3.05) is 7.05 Å². The third-order valence-electron chi connectivity index (χ3n) is 4.41. The molecule has 0 aliphatic carbocycles. The zero-order chi connectivity index (χ0) is 13.4. The van der Waals surface area contributed by atoms with E-state index in [4.69, 9.17) is 4.74 Å². The average Bonchev–Trinajstić information content (AvgIpc) is 2.62. The average molecular weight is 298 g/mol. The first-order valence-electron chi connectivity index (χ1n) is 6.85. The lowest BCUT2D eigenvalue weighted by atomic mass is 10.0. The van der Waals surface area contributed by atoms with E-state index in [1.54, 1.807) is 18.2 Å². The minimum absolute atomic E-state index is 0. The number of ether oxygens (including phenoxy) is 1. The van der Waals surface area contributed by atoms with E-state index >= 15 is 0 Å². The zero-order valence-electron chi connectivity index (χ0n) is 11.5. The predicted molar refractivity (Wildman–Crippen MR) is 78.4 cm³/mol. The van der Waals surface area contributed by atoms with Crippen LogP contribution in [0.3, 0.4) is 0 Å². The summed E-state index contributed by atoms with van der Waals surface area (Å²) < 4.78 is 5.58. The van der Waals surface area contributed by atoms with Crippen LogP contribution in [0.25, 0.3) is 0 Å². The van der Waals surface area contributed by atoms with Gasteiger partial charge in [-0.3, -0.25) is 0 Å². The molecule has 0 radical (unpaired) electrons. The molecule has 2 saturated heterocycles. The molecule has 5 heteroatoms. The Balaban J connectivity index is 0.00000147. The second-order valence-electron chi connectivity index (χ2n) is 5.60. The molecule has 2 aliphatic rings. The highest BCUT2D eigenvalue weighted by Gasteiger charge is 2.39. The van der Waals surface area contributed by atoms with Gasteiger partial charge in [0.05, 0.1) is 5.56 Å². The molecule has 2 heterocycles. The SMILES string of the molecule is CN1C2CCC1CC(OC(=O)c1cccc(O)c1)C2.Cl. The number of benzene rings is 1. The van der Waals surface area contributed by atoms with Gasteiger partial charge in [0.2, 0.25) is 0 Å². The molecule has 2 atom stereocenters. The van der Waals surface area contributed by atoms with E-state index in [0.29, 0.717) is 17.6 Å². The smallest absolute Gasteiger partial charge is 0.338 e. The predicted octanol–water partition coefficient (Wildman–Crippen LogP) is 2.60. The number of halogens is 1. The van der Waals surface area contributed by atoms with Crippen molar-refractivity contribution in [2.24, 2.45) is 0 Å². The number of esters is 1. The summed E-state index contributed by atoms with van der Waals surface area (Å²) in [5.41, 5.74) is 0.422. The Labute approximate surface area is 125 Å². The number of fused-ring (bicyclic) bond motifs is 2. The first kappa shape index (κ1) is 15.1. The van der Waals surface area contributed by atoms with Crippen LogP contribution in [-0.4, -0.2) is 41.2 Å². The van der Waals surface area contributed by atoms with Crippen LogP contribution in [0.15, 0.2) is 24.3 Å². The number of nitrogens with zero attached hydrogens (tertiary/aromatic N) is 1. The van der Waals surface area contributed by atoms with Crippen molar-refractivity contribution in [3.05, 3.63) is 29.8 Å². The Kier molecular flexibility index (Phi) is 4.55. The van der Waals surface area contributed by atoms with Crippen molar-refractivity contribution in [2.45, 2.75) is 43.9 Å². The molecule has 2 aliphatic heterocycles. The molecule has 0 saturated carbocycles. The first-order valence-corrected chi connectivity index (χ1v) is 6.85. The molecule has 1 aromatic carbocycles. The summed E-state index contributed by atoms with van der Waals surface area (Å²) in [4.78, 5) is 14.4. The molecular formula is C15H20ClNO3. The molecule has 0 aromatic heterocycles. The standard InChI is InChI=1S/C15H19NO3.ClH/c1-16-11-5-6-12(16)9-14(8-11)19-15(18)10-3-2-4-13(17)7-10;/h2-4,7,11-12,14,17H,5-6,8-9H2,1H3;1H. The summed E-state index contributed by atoms with van der Waals surface area (Å²) in [6.45, 7) is 0. The highest BCUT2D eigenvalue weighted by Crippen LogP contribution is 2.35. The fraction of sp³-hybridized carbons (Fsp3) is 0.533. The van der Waals surface area contributed by atoms with Crippen LogP contribution < -0.4 is 0 Å². The second kappa shape index (κ2) is 6.02. The number of aromatic hydroxyl groups is 1. The Morgan fingerprint density at radius 3 is 2.55 bits per heavy atom. The maximum absolute atomic E-state index is 12.0. The summed E-state index contributed by atoms with van der Waals surface area (Å²) in [5, 5.41) is 9.38. The minimum atomic E-state index is -0.329. The highest BCUT2D eigenvalue weighted by molar-refractivity contribution is 5.89. The minimum Gasteiger partial charge on any atom is -0.508 e. The molecule has 1 N–H and O–H groups in total. The van der Waals surface area contributed by atoms with Crippen LogP contribution in [-0.2, 0) is 4.74 Å². The molecule has 0 amide bonds. The van der Waals surface area contributed by atoms with E-state index in [9.17, 15) is 9.90 Å². The molecular weight excluding hydrogens is 278 g/mol. The van der Waals surface area contributed by atoms with E-state index in [0.717, 1.165) is 12.8 Å². The fourth-order valence-corrected chi connectivity index (χ4v) is 3.31. The van der Waals surface area contributed by atoms with Gasteiger partial charge < -0.3 is 14.7 Å². The van der Waals surface area contributed by atoms with Crippen LogP contribution in [0.4, 0.5) is 0 Å². The Morgan fingerprint density at radius 1 is 1.30 bits per heavy atom. The molecule has 0 spiro atoms.